The number of benzene rings is 1. The van der Waals surface area contributed by atoms with Gasteiger partial charge >= 0.3 is 0 Å². The molecule has 3 fully saturated rings. The first kappa shape index (κ1) is 18.9. The van der Waals surface area contributed by atoms with Gasteiger partial charge in [-0.3, -0.25) is 9.59 Å². The smallest absolute Gasteiger partial charge is 0.300 e. The number of aliphatic carboxylic acids is 1. The number of nitrogens with one attached hydrogen (secondary N) is 1. The molecule has 3 aliphatic rings. The van der Waals surface area contributed by atoms with E-state index in [-0.39, 0.29) is 11.5 Å². The maximum absolute atomic E-state index is 12.8. The monoisotopic (exact) mass is 360 g/mol. The van der Waals surface area contributed by atoms with E-state index in [9.17, 15) is 4.79 Å². The SMILES string of the molecule is CC(=O)O.CN[C@H]1CC[C@]2(CC1)CN(c1ccccc1)C(=O)C1(CC1)O2. The van der Waals surface area contributed by atoms with Crippen molar-refractivity contribution in [1.82, 2.24) is 5.32 Å². The molecule has 1 amide bonds. The number of anilines is 1. The van der Waals surface area contributed by atoms with Gasteiger partial charge in [-0.1, -0.05) is 18.2 Å². The standard InChI is InChI=1S/C18H24N2O2.C2H4O2/c1-19-14-7-9-17(10-8-14)13-20(15-5-3-2-4-6-15)16(21)18(22-17)11-12-18;1-2(3)4/h2-6,14,19H,7-13H2,1H3;1H3,(H,3,4)/t14-,17-;. The Balaban J connectivity index is 0.000000447. The lowest BCUT2D eigenvalue weighted by atomic mass is 9.80. The summed E-state index contributed by atoms with van der Waals surface area (Å²) < 4.78 is 6.45. The summed E-state index contributed by atoms with van der Waals surface area (Å²) in [5.74, 6) is -0.667. The third kappa shape index (κ3) is 3.91. The van der Waals surface area contributed by atoms with Crippen LogP contribution in [0.25, 0.3) is 0 Å². The van der Waals surface area contributed by atoms with E-state index in [2.05, 4.69) is 5.32 Å². The highest BCUT2D eigenvalue weighted by Gasteiger charge is 2.62. The van der Waals surface area contributed by atoms with Crippen LogP contribution in [-0.2, 0) is 14.3 Å². The Labute approximate surface area is 154 Å². The number of para-hydroxylation sites is 1. The summed E-state index contributed by atoms with van der Waals surface area (Å²) in [5.41, 5.74) is 0.353. The van der Waals surface area contributed by atoms with E-state index in [0.29, 0.717) is 12.6 Å². The summed E-state index contributed by atoms with van der Waals surface area (Å²) in [7, 11) is 2.03. The number of hydrogen-bond acceptors (Lipinski definition) is 4. The first-order valence-corrected chi connectivity index (χ1v) is 9.34. The maximum atomic E-state index is 12.8. The molecule has 1 aromatic rings. The van der Waals surface area contributed by atoms with Crippen molar-refractivity contribution in [1.29, 1.82) is 0 Å². The second-order valence-electron chi connectivity index (χ2n) is 7.59. The number of carbonyl (C=O) groups is 2. The molecule has 2 aliphatic carbocycles. The highest BCUT2D eigenvalue weighted by molar-refractivity contribution is 6.02. The van der Waals surface area contributed by atoms with Crippen LogP contribution < -0.4 is 10.2 Å². The maximum Gasteiger partial charge on any atom is 0.300 e. The van der Waals surface area contributed by atoms with Gasteiger partial charge in [0.1, 0.15) is 5.60 Å². The van der Waals surface area contributed by atoms with Crippen LogP contribution in [0.15, 0.2) is 30.3 Å². The van der Waals surface area contributed by atoms with Crippen molar-refractivity contribution in [3.8, 4) is 0 Å². The molecule has 4 rings (SSSR count). The fraction of sp³-hybridized carbons (Fsp3) is 0.600. The fourth-order valence-electron chi connectivity index (χ4n) is 4.03. The predicted octanol–water partition coefficient (Wildman–Crippen LogP) is 2.57. The van der Waals surface area contributed by atoms with Gasteiger partial charge in [-0.15, -0.1) is 0 Å². The van der Waals surface area contributed by atoms with Crippen LogP contribution in [0.3, 0.4) is 0 Å². The van der Waals surface area contributed by atoms with Crippen molar-refractivity contribution in [3.63, 3.8) is 0 Å². The number of morpholine rings is 1. The summed E-state index contributed by atoms with van der Waals surface area (Å²) in [6, 6.07) is 10.7. The Kier molecular flexibility index (Phi) is 5.34. The third-order valence-corrected chi connectivity index (χ3v) is 5.57. The zero-order valence-corrected chi connectivity index (χ0v) is 15.5. The van der Waals surface area contributed by atoms with E-state index >= 15 is 0 Å². The van der Waals surface area contributed by atoms with Gasteiger partial charge in [-0.2, -0.15) is 0 Å². The molecule has 6 heteroatoms. The zero-order chi connectivity index (χ0) is 18.8. The normalized spacial score (nSPS) is 29.2. The van der Waals surface area contributed by atoms with Gasteiger partial charge in [-0.05, 0) is 57.7 Å². The summed E-state index contributed by atoms with van der Waals surface area (Å²) in [5, 5.41) is 10.8. The van der Waals surface area contributed by atoms with Crippen LogP contribution in [0.5, 0.6) is 0 Å². The number of carboxylic acid groups (broad SMARTS) is 1. The largest absolute Gasteiger partial charge is 0.481 e. The minimum absolute atomic E-state index is 0.145. The molecule has 2 spiro atoms. The highest BCUT2D eigenvalue weighted by atomic mass is 16.5. The van der Waals surface area contributed by atoms with Gasteiger partial charge in [0.25, 0.3) is 11.9 Å². The highest BCUT2D eigenvalue weighted by Crippen LogP contribution is 2.51. The molecule has 2 saturated carbocycles. The zero-order valence-electron chi connectivity index (χ0n) is 15.5. The Hall–Kier alpha value is -1.92. The molecule has 1 aliphatic heterocycles. The van der Waals surface area contributed by atoms with Crippen molar-refractivity contribution in [2.45, 2.75) is 62.7 Å². The summed E-state index contributed by atoms with van der Waals surface area (Å²) in [6.07, 6.45) is 6.10. The second kappa shape index (κ2) is 7.37. The quantitative estimate of drug-likeness (QED) is 0.847. The van der Waals surface area contributed by atoms with Crippen LogP contribution in [0.2, 0.25) is 0 Å². The van der Waals surface area contributed by atoms with Gasteiger partial charge < -0.3 is 20.1 Å². The Bertz CT molecular complexity index is 645. The van der Waals surface area contributed by atoms with Crippen molar-refractivity contribution in [2.75, 3.05) is 18.5 Å². The number of ether oxygens (including phenoxy) is 1. The molecule has 0 radical (unpaired) electrons. The van der Waals surface area contributed by atoms with E-state index in [1.165, 1.54) is 0 Å². The number of carboxylic acids is 1. The number of rotatable bonds is 2. The topological polar surface area (TPSA) is 78.9 Å². The van der Waals surface area contributed by atoms with Gasteiger partial charge in [0, 0.05) is 18.7 Å². The van der Waals surface area contributed by atoms with E-state index in [4.69, 9.17) is 14.6 Å². The molecule has 0 unspecified atom stereocenters. The molecule has 1 aromatic carbocycles. The Morgan fingerprint density at radius 3 is 2.27 bits per heavy atom. The first-order valence-electron chi connectivity index (χ1n) is 9.34. The van der Waals surface area contributed by atoms with Gasteiger partial charge in [0.15, 0.2) is 0 Å². The molecule has 0 bridgehead atoms. The minimum Gasteiger partial charge on any atom is -0.481 e. The average molecular weight is 360 g/mol. The number of carbonyl (C=O) groups excluding carboxylic acids is 1. The molecule has 26 heavy (non-hydrogen) atoms. The van der Waals surface area contributed by atoms with Gasteiger partial charge in [-0.25, -0.2) is 0 Å². The lowest BCUT2D eigenvalue weighted by molar-refractivity contribution is -0.169. The van der Waals surface area contributed by atoms with Crippen LogP contribution in [0.4, 0.5) is 5.69 Å². The first-order chi connectivity index (χ1) is 12.4. The van der Waals surface area contributed by atoms with Gasteiger partial charge in [0.2, 0.25) is 0 Å². The summed E-state index contributed by atoms with van der Waals surface area (Å²) >= 11 is 0. The van der Waals surface area contributed by atoms with Crippen LogP contribution in [0, 0.1) is 0 Å². The van der Waals surface area contributed by atoms with Crippen LogP contribution in [-0.4, -0.2) is 47.8 Å². The molecule has 0 aromatic heterocycles. The van der Waals surface area contributed by atoms with Crippen molar-refractivity contribution in [3.05, 3.63) is 30.3 Å². The molecular weight excluding hydrogens is 332 g/mol. The molecule has 142 valence electrons. The van der Waals surface area contributed by atoms with E-state index in [1.54, 1.807) is 0 Å². The van der Waals surface area contributed by atoms with Crippen LogP contribution in [0.1, 0.15) is 45.4 Å². The Morgan fingerprint density at radius 2 is 1.77 bits per heavy atom. The van der Waals surface area contributed by atoms with Crippen molar-refractivity contribution < 1.29 is 19.4 Å². The molecular formula is C20H28N2O4. The molecule has 0 atom stereocenters. The second-order valence-corrected chi connectivity index (χ2v) is 7.59. The molecule has 6 nitrogen and oxygen atoms in total. The molecule has 2 N–H and O–H groups in total. The van der Waals surface area contributed by atoms with Crippen molar-refractivity contribution in [2.24, 2.45) is 0 Å². The van der Waals surface area contributed by atoms with E-state index < -0.39 is 11.6 Å². The fourth-order valence-corrected chi connectivity index (χ4v) is 4.03. The predicted molar refractivity (Wildman–Crippen MR) is 99.2 cm³/mol. The summed E-state index contributed by atoms with van der Waals surface area (Å²) in [4.78, 5) is 23.8. The van der Waals surface area contributed by atoms with Crippen LogP contribution >= 0.6 is 0 Å². The van der Waals surface area contributed by atoms with Crippen molar-refractivity contribution >= 4 is 17.6 Å². The van der Waals surface area contributed by atoms with Gasteiger partial charge in [0.05, 0.1) is 12.1 Å². The van der Waals surface area contributed by atoms with E-state index in [1.807, 2.05) is 42.3 Å². The minimum atomic E-state index is -0.833. The Morgan fingerprint density at radius 1 is 1.19 bits per heavy atom. The third-order valence-electron chi connectivity index (χ3n) is 5.57. The molecule has 1 heterocycles. The number of amides is 1. The number of nitrogens with zero attached hydrogens (tertiary/aromatic N) is 1. The van der Waals surface area contributed by atoms with E-state index in [0.717, 1.165) is 51.1 Å². The lowest BCUT2D eigenvalue weighted by Gasteiger charge is -2.49. The lowest BCUT2D eigenvalue weighted by Crippen LogP contribution is -2.62. The average Bonchev–Trinajstić information content (AvgIpc) is 3.39. The molecule has 1 saturated heterocycles. The summed E-state index contributed by atoms with van der Waals surface area (Å²) in [6.45, 7) is 1.79. The number of hydrogen-bond donors (Lipinski definition) is 2.